The van der Waals surface area contributed by atoms with Crippen molar-refractivity contribution in [2.24, 2.45) is 11.8 Å². The van der Waals surface area contributed by atoms with Crippen LogP contribution >= 0.6 is 0 Å². The fourth-order valence-corrected chi connectivity index (χ4v) is 2.86. The average molecular weight is 270 g/mol. The first-order valence-corrected chi connectivity index (χ1v) is 7.19. The lowest BCUT2D eigenvalue weighted by molar-refractivity contribution is -0.141. The number of rotatable bonds is 5. The highest BCUT2D eigenvalue weighted by atomic mass is 16.4. The van der Waals surface area contributed by atoms with Crippen LogP contribution in [0.1, 0.15) is 46.0 Å². The fraction of sp³-hybridized carbons (Fsp3) is 0.857. The molecular weight excluding hydrogens is 244 g/mol. The van der Waals surface area contributed by atoms with Crippen LogP contribution < -0.4 is 5.32 Å². The highest BCUT2D eigenvalue weighted by Crippen LogP contribution is 2.27. The second kappa shape index (κ2) is 7.36. The van der Waals surface area contributed by atoms with E-state index >= 15 is 0 Å². The van der Waals surface area contributed by atoms with Crippen LogP contribution in [0.4, 0.5) is 4.79 Å². The maximum atomic E-state index is 11.9. The molecule has 0 radical (unpaired) electrons. The Balaban J connectivity index is 2.39. The monoisotopic (exact) mass is 270 g/mol. The molecule has 1 aliphatic carbocycles. The van der Waals surface area contributed by atoms with Gasteiger partial charge in [0.25, 0.3) is 0 Å². The summed E-state index contributed by atoms with van der Waals surface area (Å²) < 4.78 is 0. The molecule has 3 unspecified atom stereocenters. The Hall–Kier alpha value is -1.26. The predicted molar refractivity (Wildman–Crippen MR) is 74.0 cm³/mol. The van der Waals surface area contributed by atoms with Gasteiger partial charge in [0.15, 0.2) is 0 Å². The van der Waals surface area contributed by atoms with Crippen LogP contribution in [0.25, 0.3) is 0 Å². The number of amides is 2. The summed E-state index contributed by atoms with van der Waals surface area (Å²) in [6, 6.07) is -1.03. The van der Waals surface area contributed by atoms with Gasteiger partial charge in [0, 0.05) is 13.6 Å². The Morgan fingerprint density at radius 2 is 2.11 bits per heavy atom. The van der Waals surface area contributed by atoms with Crippen LogP contribution in [-0.2, 0) is 4.79 Å². The summed E-state index contributed by atoms with van der Waals surface area (Å²) in [5.41, 5.74) is 0. The quantitative estimate of drug-likeness (QED) is 0.805. The molecule has 0 aromatic rings. The highest BCUT2D eigenvalue weighted by Gasteiger charge is 2.25. The van der Waals surface area contributed by atoms with Gasteiger partial charge in [-0.2, -0.15) is 0 Å². The van der Waals surface area contributed by atoms with E-state index in [9.17, 15) is 9.59 Å². The molecule has 110 valence electrons. The number of nitrogens with zero attached hydrogens (tertiary/aromatic N) is 1. The minimum Gasteiger partial charge on any atom is -0.480 e. The summed E-state index contributed by atoms with van der Waals surface area (Å²) in [7, 11) is 1.54. The van der Waals surface area contributed by atoms with Crippen LogP contribution in [0.5, 0.6) is 0 Å². The van der Waals surface area contributed by atoms with Crippen LogP contribution in [-0.4, -0.2) is 41.6 Å². The molecule has 1 rings (SSSR count). The third-order valence-corrected chi connectivity index (χ3v) is 4.05. The summed E-state index contributed by atoms with van der Waals surface area (Å²) in [6.07, 6.45) is 5.23. The van der Waals surface area contributed by atoms with E-state index in [0.717, 1.165) is 18.8 Å². The highest BCUT2D eigenvalue weighted by molar-refractivity contribution is 5.82. The fourth-order valence-electron chi connectivity index (χ4n) is 2.86. The number of carbonyl (C=O) groups is 2. The van der Waals surface area contributed by atoms with Crippen LogP contribution in [0, 0.1) is 11.8 Å². The van der Waals surface area contributed by atoms with Crippen LogP contribution in [0.3, 0.4) is 0 Å². The molecule has 1 fully saturated rings. The second-order valence-electron chi connectivity index (χ2n) is 5.70. The summed E-state index contributed by atoms with van der Waals surface area (Å²) in [5.74, 6) is 0.313. The van der Waals surface area contributed by atoms with E-state index in [2.05, 4.69) is 12.2 Å². The van der Waals surface area contributed by atoms with E-state index in [1.54, 1.807) is 14.0 Å². The molecule has 2 N–H and O–H groups in total. The molecule has 0 bridgehead atoms. The van der Waals surface area contributed by atoms with Crippen molar-refractivity contribution in [1.82, 2.24) is 10.2 Å². The van der Waals surface area contributed by atoms with Gasteiger partial charge in [0.1, 0.15) is 6.04 Å². The number of carboxylic acid groups (broad SMARTS) is 1. The summed E-state index contributed by atoms with van der Waals surface area (Å²) in [4.78, 5) is 24.2. The SMILES string of the molecule is CCC(C(=O)O)N(C)C(=O)NCC1CCCC(C)C1. The van der Waals surface area contributed by atoms with E-state index < -0.39 is 12.0 Å². The number of carbonyl (C=O) groups excluding carboxylic acids is 1. The molecule has 5 heteroatoms. The van der Waals surface area contributed by atoms with Crippen molar-refractivity contribution in [3.8, 4) is 0 Å². The van der Waals surface area contributed by atoms with Gasteiger partial charge in [-0.15, -0.1) is 0 Å². The zero-order chi connectivity index (χ0) is 14.4. The van der Waals surface area contributed by atoms with Crippen molar-refractivity contribution < 1.29 is 14.7 Å². The van der Waals surface area contributed by atoms with E-state index in [0.29, 0.717) is 18.9 Å². The smallest absolute Gasteiger partial charge is 0.326 e. The Labute approximate surface area is 115 Å². The topological polar surface area (TPSA) is 69.6 Å². The Bertz CT molecular complexity index is 320. The average Bonchev–Trinajstić information content (AvgIpc) is 2.36. The van der Waals surface area contributed by atoms with E-state index in [1.807, 2.05) is 0 Å². The van der Waals surface area contributed by atoms with E-state index in [4.69, 9.17) is 5.11 Å². The molecule has 1 saturated carbocycles. The molecule has 1 aliphatic rings. The molecule has 2 amide bonds. The number of urea groups is 1. The molecular formula is C14H26N2O3. The van der Waals surface area contributed by atoms with Crippen molar-refractivity contribution in [3.63, 3.8) is 0 Å². The maximum absolute atomic E-state index is 11.9. The molecule has 0 aromatic heterocycles. The number of likely N-dealkylation sites (N-methyl/N-ethyl adjacent to an activating group) is 1. The lowest BCUT2D eigenvalue weighted by atomic mass is 9.82. The summed E-state index contributed by atoms with van der Waals surface area (Å²) in [6.45, 7) is 4.67. The lowest BCUT2D eigenvalue weighted by Crippen LogP contribution is -2.48. The molecule has 0 aromatic carbocycles. The molecule has 0 aliphatic heterocycles. The Morgan fingerprint density at radius 3 is 2.63 bits per heavy atom. The van der Waals surface area contributed by atoms with Crippen LogP contribution in [0.2, 0.25) is 0 Å². The minimum atomic E-state index is -0.952. The first kappa shape index (κ1) is 15.8. The Kier molecular flexibility index (Phi) is 6.12. The number of aliphatic carboxylic acids is 1. The van der Waals surface area contributed by atoms with Gasteiger partial charge in [-0.25, -0.2) is 9.59 Å². The van der Waals surface area contributed by atoms with Crippen molar-refractivity contribution in [2.75, 3.05) is 13.6 Å². The second-order valence-corrected chi connectivity index (χ2v) is 5.70. The van der Waals surface area contributed by atoms with Crippen molar-refractivity contribution in [3.05, 3.63) is 0 Å². The standard InChI is InChI=1S/C14H26N2O3/c1-4-12(13(17)18)16(3)14(19)15-9-11-7-5-6-10(2)8-11/h10-12H,4-9H2,1-3H3,(H,15,19)(H,17,18). The van der Waals surface area contributed by atoms with Gasteiger partial charge in [-0.1, -0.05) is 26.7 Å². The van der Waals surface area contributed by atoms with E-state index in [1.165, 1.54) is 17.7 Å². The minimum absolute atomic E-state index is 0.285. The van der Waals surface area contributed by atoms with Gasteiger partial charge in [-0.05, 0) is 31.1 Å². The molecule has 3 atom stereocenters. The van der Waals surface area contributed by atoms with Crippen LogP contribution in [0.15, 0.2) is 0 Å². The zero-order valence-corrected chi connectivity index (χ0v) is 12.2. The summed E-state index contributed by atoms with van der Waals surface area (Å²) in [5, 5.41) is 11.9. The van der Waals surface area contributed by atoms with Crippen molar-refractivity contribution in [2.45, 2.75) is 52.0 Å². The number of carboxylic acids is 1. The molecule has 19 heavy (non-hydrogen) atoms. The van der Waals surface area contributed by atoms with Crippen molar-refractivity contribution >= 4 is 12.0 Å². The number of hydrogen-bond donors (Lipinski definition) is 2. The van der Waals surface area contributed by atoms with Crippen molar-refractivity contribution in [1.29, 1.82) is 0 Å². The van der Waals surface area contributed by atoms with Gasteiger partial charge in [0.2, 0.25) is 0 Å². The third kappa shape index (κ3) is 4.73. The Morgan fingerprint density at radius 1 is 1.42 bits per heavy atom. The number of hydrogen-bond acceptors (Lipinski definition) is 2. The molecule has 0 spiro atoms. The summed E-state index contributed by atoms with van der Waals surface area (Å²) >= 11 is 0. The normalized spacial score (nSPS) is 24.6. The predicted octanol–water partition coefficient (Wildman–Crippen LogP) is 2.32. The molecule has 5 nitrogen and oxygen atoms in total. The number of nitrogens with one attached hydrogen (secondary N) is 1. The lowest BCUT2D eigenvalue weighted by Gasteiger charge is -2.29. The first-order valence-electron chi connectivity index (χ1n) is 7.19. The van der Waals surface area contributed by atoms with Gasteiger partial charge in [-0.3, -0.25) is 0 Å². The third-order valence-electron chi connectivity index (χ3n) is 4.05. The van der Waals surface area contributed by atoms with Gasteiger partial charge >= 0.3 is 12.0 Å². The largest absolute Gasteiger partial charge is 0.480 e. The first-order chi connectivity index (χ1) is 8.95. The molecule has 0 heterocycles. The van der Waals surface area contributed by atoms with Gasteiger partial charge in [0.05, 0.1) is 0 Å². The van der Waals surface area contributed by atoms with Gasteiger partial charge < -0.3 is 15.3 Å². The molecule has 0 saturated heterocycles. The maximum Gasteiger partial charge on any atom is 0.326 e. The van der Waals surface area contributed by atoms with E-state index in [-0.39, 0.29) is 6.03 Å². The zero-order valence-electron chi connectivity index (χ0n) is 12.2.